The van der Waals surface area contributed by atoms with E-state index in [1.807, 2.05) is 15.4 Å². The second-order valence-electron chi connectivity index (χ2n) is 6.49. The van der Waals surface area contributed by atoms with E-state index in [0.717, 1.165) is 17.8 Å². The number of benzene rings is 1. The monoisotopic (exact) mass is 354 g/mol. The van der Waals surface area contributed by atoms with E-state index in [1.54, 1.807) is 36.5 Å². The van der Waals surface area contributed by atoms with Gasteiger partial charge in [-0.15, -0.1) is 5.10 Å². The Morgan fingerprint density at radius 2 is 2.19 bits per heavy atom. The molecule has 0 N–H and O–H groups in total. The zero-order chi connectivity index (χ0) is 18.1. The number of hydrogen-bond acceptors (Lipinski definition) is 4. The maximum Gasteiger partial charge on any atom is 0.254 e. The highest BCUT2D eigenvalue weighted by Gasteiger charge is 2.24. The summed E-state index contributed by atoms with van der Waals surface area (Å²) in [6, 6.07) is 4.62. The van der Waals surface area contributed by atoms with Crippen molar-refractivity contribution in [1.29, 1.82) is 0 Å². The van der Waals surface area contributed by atoms with Crippen LogP contribution >= 0.6 is 0 Å². The van der Waals surface area contributed by atoms with Gasteiger partial charge in [0.2, 0.25) is 0 Å². The lowest BCUT2D eigenvalue weighted by Gasteiger charge is -2.20. The van der Waals surface area contributed by atoms with Crippen molar-refractivity contribution in [3.8, 4) is 0 Å². The fourth-order valence-electron chi connectivity index (χ4n) is 3.15. The number of imidazole rings is 1. The van der Waals surface area contributed by atoms with Crippen molar-refractivity contribution in [3.63, 3.8) is 0 Å². The summed E-state index contributed by atoms with van der Waals surface area (Å²) in [4.78, 5) is 18.6. The van der Waals surface area contributed by atoms with E-state index in [0.29, 0.717) is 37.3 Å². The molecule has 0 atom stereocenters. The van der Waals surface area contributed by atoms with Crippen LogP contribution in [0.15, 0.2) is 36.9 Å². The number of hydrogen-bond donors (Lipinski definition) is 0. The van der Waals surface area contributed by atoms with Crippen LogP contribution in [0.25, 0.3) is 0 Å². The summed E-state index contributed by atoms with van der Waals surface area (Å²) in [5.41, 5.74) is 2.63. The molecule has 0 radical (unpaired) electrons. The van der Waals surface area contributed by atoms with Crippen LogP contribution in [-0.2, 0) is 19.6 Å². The number of amides is 1. The average Bonchev–Trinajstić information content (AvgIpc) is 3.22. The predicted octanol–water partition coefficient (Wildman–Crippen LogP) is 2.02. The molecule has 1 aliphatic heterocycles. The number of rotatable bonds is 3. The molecule has 3 aromatic rings. The molecule has 0 fully saturated rings. The first-order chi connectivity index (χ1) is 12.6. The van der Waals surface area contributed by atoms with Crippen LogP contribution in [-0.4, -0.2) is 41.9 Å². The maximum atomic E-state index is 13.8. The van der Waals surface area contributed by atoms with E-state index in [9.17, 15) is 9.18 Å². The molecule has 0 saturated carbocycles. The first kappa shape index (κ1) is 16.4. The molecule has 1 aromatic carbocycles. The van der Waals surface area contributed by atoms with Gasteiger partial charge in [0.25, 0.3) is 5.91 Å². The molecule has 0 spiro atoms. The third-order valence-corrected chi connectivity index (χ3v) is 4.65. The van der Waals surface area contributed by atoms with Crippen LogP contribution in [0.5, 0.6) is 0 Å². The molecule has 8 heteroatoms. The van der Waals surface area contributed by atoms with Gasteiger partial charge < -0.3 is 9.47 Å². The number of nitrogens with zero attached hydrogens (tertiary/aromatic N) is 6. The van der Waals surface area contributed by atoms with Gasteiger partial charge in [-0.1, -0.05) is 11.3 Å². The lowest BCUT2D eigenvalue weighted by molar-refractivity contribution is 0.0745. The number of aromatic nitrogens is 5. The molecule has 3 heterocycles. The molecule has 0 bridgehead atoms. The molecular weight excluding hydrogens is 335 g/mol. The summed E-state index contributed by atoms with van der Waals surface area (Å²) in [6.07, 6.45) is 6.08. The van der Waals surface area contributed by atoms with Gasteiger partial charge in [-0.05, 0) is 31.0 Å². The molecule has 26 heavy (non-hydrogen) atoms. The SMILES string of the molecule is Cc1ccc(C(=O)N2CCCn3nnc(Cn4ccnc4)c3C2)cc1F. The standard InChI is InChI=1S/C18H19FN6O/c1-13-3-4-14(9-15(13)19)18(26)24-6-2-7-25-17(11-24)16(21-22-25)10-23-8-5-20-12-23/h3-5,8-9,12H,2,6-7,10-11H2,1H3. The van der Waals surface area contributed by atoms with Gasteiger partial charge in [0.15, 0.2) is 0 Å². The van der Waals surface area contributed by atoms with Crippen LogP contribution in [0.4, 0.5) is 4.39 Å². The molecule has 2 aromatic heterocycles. The van der Waals surface area contributed by atoms with Gasteiger partial charge >= 0.3 is 0 Å². The van der Waals surface area contributed by atoms with Crippen molar-refractivity contribution in [2.24, 2.45) is 0 Å². The second kappa shape index (κ2) is 6.70. The average molecular weight is 354 g/mol. The molecule has 0 unspecified atom stereocenters. The third kappa shape index (κ3) is 3.10. The first-order valence-electron chi connectivity index (χ1n) is 8.54. The quantitative estimate of drug-likeness (QED) is 0.722. The predicted molar refractivity (Wildman–Crippen MR) is 91.8 cm³/mol. The van der Waals surface area contributed by atoms with Gasteiger partial charge in [0, 0.05) is 31.0 Å². The largest absolute Gasteiger partial charge is 0.333 e. The molecule has 7 nitrogen and oxygen atoms in total. The van der Waals surface area contributed by atoms with Crippen molar-refractivity contribution < 1.29 is 9.18 Å². The zero-order valence-corrected chi connectivity index (χ0v) is 14.5. The summed E-state index contributed by atoms with van der Waals surface area (Å²) in [6.45, 7) is 3.95. The third-order valence-electron chi connectivity index (χ3n) is 4.65. The summed E-state index contributed by atoms with van der Waals surface area (Å²) < 4.78 is 17.6. The highest BCUT2D eigenvalue weighted by molar-refractivity contribution is 5.94. The molecule has 4 rings (SSSR count). The van der Waals surface area contributed by atoms with E-state index in [-0.39, 0.29) is 11.7 Å². The Morgan fingerprint density at radius 1 is 1.31 bits per heavy atom. The van der Waals surface area contributed by atoms with Crippen molar-refractivity contribution in [2.45, 2.75) is 33.0 Å². The van der Waals surface area contributed by atoms with Gasteiger partial charge in [0.05, 0.1) is 25.1 Å². The topological polar surface area (TPSA) is 68.8 Å². The van der Waals surface area contributed by atoms with Gasteiger partial charge in [-0.25, -0.2) is 14.1 Å². The number of aryl methyl sites for hydroxylation is 2. The molecule has 1 aliphatic rings. The van der Waals surface area contributed by atoms with Crippen LogP contribution < -0.4 is 0 Å². The number of carbonyl (C=O) groups excluding carboxylic acids is 1. The lowest BCUT2D eigenvalue weighted by Crippen LogP contribution is -2.31. The van der Waals surface area contributed by atoms with Crippen molar-refractivity contribution in [1.82, 2.24) is 29.4 Å². The van der Waals surface area contributed by atoms with E-state index in [4.69, 9.17) is 0 Å². The number of carbonyl (C=O) groups is 1. The minimum atomic E-state index is -0.363. The molecule has 134 valence electrons. The summed E-state index contributed by atoms with van der Waals surface area (Å²) in [5.74, 6) is -0.537. The summed E-state index contributed by atoms with van der Waals surface area (Å²) in [7, 11) is 0. The summed E-state index contributed by atoms with van der Waals surface area (Å²) in [5, 5.41) is 8.50. The van der Waals surface area contributed by atoms with E-state index in [1.165, 1.54) is 6.07 Å². The Morgan fingerprint density at radius 3 is 2.96 bits per heavy atom. The lowest BCUT2D eigenvalue weighted by atomic mass is 10.1. The minimum absolute atomic E-state index is 0.174. The van der Waals surface area contributed by atoms with Crippen LogP contribution in [0.2, 0.25) is 0 Å². The Hall–Kier alpha value is -3.03. The zero-order valence-electron chi connectivity index (χ0n) is 14.5. The maximum absolute atomic E-state index is 13.8. The number of halogens is 1. The highest BCUT2D eigenvalue weighted by atomic mass is 19.1. The summed E-state index contributed by atoms with van der Waals surface area (Å²) >= 11 is 0. The van der Waals surface area contributed by atoms with Crippen molar-refractivity contribution >= 4 is 5.91 Å². The minimum Gasteiger partial charge on any atom is -0.333 e. The number of fused-ring (bicyclic) bond motifs is 1. The van der Waals surface area contributed by atoms with Gasteiger partial charge in [-0.3, -0.25) is 4.79 Å². The van der Waals surface area contributed by atoms with Crippen LogP contribution in [0.1, 0.15) is 33.7 Å². The molecule has 1 amide bonds. The van der Waals surface area contributed by atoms with Crippen LogP contribution in [0.3, 0.4) is 0 Å². The second-order valence-corrected chi connectivity index (χ2v) is 6.49. The normalized spacial score (nSPS) is 14.2. The Labute approximate surface area is 150 Å². The fraction of sp³-hybridized carbons (Fsp3) is 0.333. The molecular formula is C18H19FN6O. The fourth-order valence-corrected chi connectivity index (χ4v) is 3.15. The van der Waals surface area contributed by atoms with Gasteiger partial charge in [0.1, 0.15) is 11.5 Å². The Bertz CT molecular complexity index is 933. The van der Waals surface area contributed by atoms with Crippen LogP contribution in [0, 0.1) is 12.7 Å². The van der Waals surface area contributed by atoms with Crippen molar-refractivity contribution in [3.05, 3.63) is 65.3 Å². The van der Waals surface area contributed by atoms with E-state index < -0.39 is 0 Å². The molecule has 0 saturated heterocycles. The van der Waals surface area contributed by atoms with Gasteiger partial charge in [-0.2, -0.15) is 0 Å². The smallest absolute Gasteiger partial charge is 0.254 e. The van der Waals surface area contributed by atoms with E-state index >= 15 is 0 Å². The van der Waals surface area contributed by atoms with E-state index in [2.05, 4.69) is 15.3 Å². The van der Waals surface area contributed by atoms with Crippen molar-refractivity contribution in [2.75, 3.05) is 6.54 Å². The Kier molecular flexibility index (Phi) is 4.24. The Balaban J connectivity index is 1.59. The molecule has 0 aliphatic carbocycles. The first-order valence-corrected chi connectivity index (χ1v) is 8.54. The highest BCUT2D eigenvalue weighted by Crippen LogP contribution is 2.19.